The van der Waals surface area contributed by atoms with Crippen LogP contribution in [0.25, 0.3) is 10.9 Å². The monoisotopic (exact) mass is 394 g/mol. The van der Waals surface area contributed by atoms with Crippen molar-refractivity contribution in [2.24, 2.45) is 0 Å². The number of carbonyl (C=O) groups excluding carboxylic acids is 1. The molecular formula is C19H14ClF3N2O2. The smallest absolute Gasteiger partial charge is 0.380 e. The number of para-hydroxylation sites is 1. The van der Waals surface area contributed by atoms with Crippen molar-refractivity contribution in [2.75, 3.05) is 12.4 Å². The van der Waals surface area contributed by atoms with Gasteiger partial charge in [0.05, 0.1) is 34.0 Å². The Morgan fingerprint density at radius 2 is 1.93 bits per heavy atom. The van der Waals surface area contributed by atoms with Crippen molar-refractivity contribution in [2.45, 2.75) is 12.8 Å². The number of ether oxygens (including phenoxy) is 1. The predicted octanol–water partition coefficient (Wildman–Crippen LogP) is 5.31. The maximum atomic E-state index is 13.1. The SMILES string of the molecule is COCc1cnc2c(NC(=O)c3ccccc3C(F)(F)F)cccc2c1Cl. The molecule has 1 amide bonds. The molecule has 0 spiro atoms. The Bertz CT molecular complexity index is 1010. The van der Waals surface area contributed by atoms with Gasteiger partial charge in [-0.2, -0.15) is 13.2 Å². The number of rotatable bonds is 4. The maximum absolute atomic E-state index is 13.1. The zero-order valence-corrected chi connectivity index (χ0v) is 14.9. The van der Waals surface area contributed by atoms with Crippen LogP contribution in [0.15, 0.2) is 48.7 Å². The number of anilines is 1. The third-order valence-corrected chi connectivity index (χ3v) is 4.38. The molecule has 0 saturated carbocycles. The van der Waals surface area contributed by atoms with Crippen molar-refractivity contribution in [1.29, 1.82) is 0 Å². The van der Waals surface area contributed by atoms with Gasteiger partial charge in [0.15, 0.2) is 0 Å². The summed E-state index contributed by atoms with van der Waals surface area (Å²) in [7, 11) is 1.52. The molecule has 2 aromatic carbocycles. The van der Waals surface area contributed by atoms with Crippen LogP contribution in [0.1, 0.15) is 21.5 Å². The first-order chi connectivity index (χ1) is 12.8. The molecule has 0 aliphatic carbocycles. The van der Waals surface area contributed by atoms with Crippen LogP contribution in [0.5, 0.6) is 0 Å². The van der Waals surface area contributed by atoms with Gasteiger partial charge in [-0.15, -0.1) is 0 Å². The highest BCUT2D eigenvalue weighted by atomic mass is 35.5. The average Bonchev–Trinajstić information content (AvgIpc) is 2.64. The van der Waals surface area contributed by atoms with E-state index in [0.717, 1.165) is 12.1 Å². The largest absolute Gasteiger partial charge is 0.417 e. The van der Waals surface area contributed by atoms with E-state index in [9.17, 15) is 18.0 Å². The predicted molar refractivity (Wildman–Crippen MR) is 96.9 cm³/mol. The first-order valence-electron chi connectivity index (χ1n) is 7.85. The Kier molecular flexibility index (Phi) is 5.34. The third kappa shape index (κ3) is 3.89. The normalized spacial score (nSPS) is 11.6. The zero-order valence-electron chi connectivity index (χ0n) is 14.1. The minimum absolute atomic E-state index is 0.261. The fourth-order valence-electron chi connectivity index (χ4n) is 2.71. The minimum atomic E-state index is -4.64. The second-order valence-corrected chi connectivity index (χ2v) is 6.11. The molecule has 0 bridgehead atoms. The summed E-state index contributed by atoms with van der Waals surface area (Å²) in [5, 5.41) is 3.47. The second kappa shape index (κ2) is 7.54. The van der Waals surface area contributed by atoms with Crippen molar-refractivity contribution in [3.05, 3.63) is 70.4 Å². The van der Waals surface area contributed by atoms with Gasteiger partial charge in [0.1, 0.15) is 0 Å². The average molecular weight is 395 g/mol. The maximum Gasteiger partial charge on any atom is 0.417 e. The Balaban J connectivity index is 2.01. The number of hydrogen-bond acceptors (Lipinski definition) is 3. The number of alkyl halides is 3. The molecule has 0 aliphatic heterocycles. The molecular weight excluding hydrogens is 381 g/mol. The number of methoxy groups -OCH3 is 1. The lowest BCUT2D eigenvalue weighted by atomic mass is 10.1. The summed E-state index contributed by atoms with van der Waals surface area (Å²) < 4.78 is 44.5. The van der Waals surface area contributed by atoms with Crippen LogP contribution in [0.3, 0.4) is 0 Å². The van der Waals surface area contributed by atoms with Gasteiger partial charge in [-0.05, 0) is 18.2 Å². The van der Waals surface area contributed by atoms with E-state index in [1.54, 1.807) is 18.2 Å². The number of carbonyl (C=O) groups is 1. The van der Waals surface area contributed by atoms with Gasteiger partial charge in [0.2, 0.25) is 0 Å². The summed E-state index contributed by atoms with van der Waals surface area (Å²) in [5.41, 5.74) is -0.168. The number of fused-ring (bicyclic) bond motifs is 1. The van der Waals surface area contributed by atoms with Crippen LogP contribution in [0.2, 0.25) is 5.02 Å². The van der Waals surface area contributed by atoms with Gasteiger partial charge in [0, 0.05) is 24.3 Å². The van der Waals surface area contributed by atoms with E-state index in [-0.39, 0.29) is 12.3 Å². The van der Waals surface area contributed by atoms with E-state index in [1.165, 1.54) is 25.4 Å². The molecule has 0 atom stereocenters. The van der Waals surface area contributed by atoms with E-state index in [1.807, 2.05) is 0 Å². The van der Waals surface area contributed by atoms with Gasteiger partial charge in [-0.25, -0.2) is 0 Å². The zero-order chi connectivity index (χ0) is 19.6. The first kappa shape index (κ1) is 19.1. The number of aromatic nitrogens is 1. The highest BCUT2D eigenvalue weighted by Gasteiger charge is 2.34. The summed E-state index contributed by atoms with van der Waals surface area (Å²) in [5.74, 6) is -0.880. The third-order valence-electron chi connectivity index (χ3n) is 3.93. The van der Waals surface area contributed by atoms with Crippen LogP contribution in [0.4, 0.5) is 18.9 Å². The van der Waals surface area contributed by atoms with Crippen molar-refractivity contribution in [3.8, 4) is 0 Å². The van der Waals surface area contributed by atoms with Crippen molar-refractivity contribution >= 4 is 34.1 Å². The molecule has 1 N–H and O–H groups in total. The lowest BCUT2D eigenvalue weighted by molar-refractivity contribution is -0.137. The van der Waals surface area contributed by atoms with Crippen LogP contribution < -0.4 is 5.32 Å². The first-order valence-corrected chi connectivity index (χ1v) is 8.23. The van der Waals surface area contributed by atoms with Gasteiger partial charge in [0.25, 0.3) is 5.91 Å². The van der Waals surface area contributed by atoms with E-state index < -0.39 is 23.2 Å². The molecule has 0 unspecified atom stereocenters. The second-order valence-electron chi connectivity index (χ2n) is 5.73. The fourth-order valence-corrected chi connectivity index (χ4v) is 2.96. The molecule has 140 valence electrons. The molecule has 1 aromatic heterocycles. The number of nitrogens with one attached hydrogen (secondary N) is 1. The van der Waals surface area contributed by atoms with Gasteiger partial charge in [-0.3, -0.25) is 9.78 Å². The van der Waals surface area contributed by atoms with E-state index >= 15 is 0 Å². The Labute approximate surface area is 157 Å². The fraction of sp³-hybridized carbons (Fsp3) is 0.158. The summed E-state index contributed by atoms with van der Waals surface area (Å²) in [6.07, 6.45) is -3.13. The lowest BCUT2D eigenvalue weighted by Gasteiger charge is -2.14. The summed E-state index contributed by atoms with van der Waals surface area (Å²) in [4.78, 5) is 16.8. The number of hydrogen-bond donors (Lipinski definition) is 1. The molecule has 0 aliphatic rings. The quantitative estimate of drug-likeness (QED) is 0.652. The molecule has 3 aromatic rings. The number of pyridine rings is 1. The van der Waals surface area contributed by atoms with Gasteiger partial charge in [-0.1, -0.05) is 35.9 Å². The van der Waals surface area contributed by atoms with E-state index in [4.69, 9.17) is 16.3 Å². The van der Waals surface area contributed by atoms with Crippen LogP contribution in [-0.4, -0.2) is 18.0 Å². The van der Waals surface area contributed by atoms with Gasteiger partial charge < -0.3 is 10.1 Å². The Morgan fingerprint density at radius 1 is 1.19 bits per heavy atom. The Hall–Kier alpha value is -2.64. The molecule has 27 heavy (non-hydrogen) atoms. The van der Waals surface area contributed by atoms with E-state index in [2.05, 4.69) is 10.3 Å². The molecule has 3 rings (SSSR count). The number of halogens is 4. The van der Waals surface area contributed by atoms with Crippen molar-refractivity contribution in [1.82, 2.24) is 4.98 Å². The molecule has 0 fully saturated rings. The molecule has 0 saturated heterocycles. The highest BCUT2D eigenvalue weighted by Crippen LogP contribution is 2.33. The van der Waals surface area contributed by atoms with Crippen molar-refractivity contribution in [3.63, 3.8) is 0 Å². The van der Waals surface area contributed by atoms with Crippen molar-refractivity contribution < 1.29 is 22.7 Å². The van der Waals surface area contributed by atoms with Gasteiger partial charge >= 0.3 is 6.18 Å². The minimum Gasteiger partial charge on any atom is -0.380 e. The number of amides is 1. The van der Waals surface area contributed by atoms with Crippen LogP contribution in [-0.2, 0) is 17.5 Å². The summed E-state index contributed by atoms with van der Waals surface area (Å²) in [6.45, 7) is 0.261. The topological polar surface area (TPSA) is 51.2 Å². The summed E-state index contributed by atoms with van der Waals surface area (Å²) in [6, 6.07) is 9.50. The standard InChI is InChI=1S/C19H14ClF3N2O2/c1-27-10-11-9-24-17-13(16(11)20)6-4-8-15(17)25-18(26)12-5-2-3-7-14(12)19(21,22)23/h2-9H,10H2,1H3,(H,25,26). The number of nitrogens with zero attached hydrogens (tertiary/aromatic N) is 1. The summed E-state index contributed by atoms with van der Waals surface area (Å²) >= 11 is 6.35. The molecule has 1 heterocycles. The van der Waals surface area contributed by atoms with Crippen LogP contribution >= 0.6 is 11.6 Å². The lowest BCUT2D eigenvalue weighted by Crippen LogP contribution is -2.18. The molecule has 0 radical (unpaired) electrons. The Morgan fingerprint density at radius 3 is 2.63 bits per heavy atom. The van der Waals surface area contributed by atoms with E-state index in [0.29, 0.717) is 21.5 Å². The van der Waals surface area contributed by atoms with Crippen LogP contribution in [0, 0.1) is 0 Å². The molecule has 4 nitrogen and oxygen atoms in total. The molecule has 8 heteroatoms. The highest BCUT2D eigenvalue weighted by molar-refractivity contribution is 6.36. The number of benzene rings is 2.